The highest BCUT2D eigenvalue weighted by Gasteiger charge is 2.20. The second kappa shape index (κ2) is 5.04. The summed E-state index contributed by atoms with van der Waals surface area (Å²) in [7, 11) is 0. The van der Waals surface area contributed by atoms with Gasteiger partial charge in [0.2, 0.25) is 0 Å². The minimum atomic E-state index is 0.713. The molecule has 0 saturated carbocycles. The smallest absolute Gasteiger partial charge is 0.0211 e. The number of hydrogen-bond donors (Lipinski definition) is 1. The maximum atomic E-state index is 3.65. The standard InChI is InChI=1S/C13H19NS/c1-10-5-3-4-6-12(10)8-14-13-7-11(2)15-9-13/h3-6,11,13-14H,7-9H2,1-2H3. The molecule has 2 heteroatoms. The molecule has 0 amide bonds. The van der Waals surface area contributed by atoms with Gasteiger partial charge in [0.25, 0.3) is 0 Å². The summed E-state index contributed by atoms with van der Waals surface area (Å²) in [4.78, 5) is 0. The molecule has 2 unspecified atom stereocenters. The minimum Gasteiger partial charge on any atom is -0.309 e. The third kappa shape index (κ3) is 2.99. The molecule has 2 rings (SSSR count). The molecule has 1 aliphatic heterocycles. The Bertz CT molecular complexity index is 324. The zero-order valence-electron chi connectivity index (χ0n) is 9.49. The molecule has 0 aliphatic carbocycles. The molecule has 0 spiro atoms. The van der Waals surface area contributed by atoms with E-state index in [-0.39, 0.29) is 0 Å². The van der Waals surface area contributed by atoms with Crippen LogP contribution in [0.15, 0.2) is 24.3 Å². The van der Waals surface area contributed by atoms with Crippen LogP contribution < -0.4 is 5.32 Å². The van der Waals surface area contributed by atoms with Crippen LogP contribution >= 0.6 is 11.8 Å². The lowest BCUT2D eigenvalue weighted by atomic mass is 10.1. The van der Waals surface area contributed by atoms with Crippen LogP contribution in [0.5, 0.6) is 0 Å². The van der Waals surface area contributed by atoms with Crippen molar-refractivity contribution in [3.05, 3.63) is 35.4 Å². The molecule has 82 valence electrons. The molecular weight excluding hydrogens is 202 g/mol. The molecule has 0 radical (unpaired) electrons. The van der Waals surface area contributed by atoms with E-state index < -0.39 is 0 Å². The number of hydrogen-bond acceptors (Lipinski definition) is 2. The van der Waals surface area contributed by atoms with Gasteiger partial charge < -0.3 is 5.32 Å². The predicted molar refractivity (Wildman–Crippen MR) is 68.3 cm³/mol. The molecule has 1 N–H and O–H groups in total. The average Bonchev–Trinajstić information content (AvgIpc) is 2.63. The molecule has 1 saturated heterocycles. The van der Waals surface area contributed by atoms with Crippen molar-refractivity contribution in [2.45, 2.75) is 38.1 Å². The first kappa shape index (κ1) is 11.0. The fraction of sp³-hybridized carbons (Fsp3) is 0.538. The Balaban J connectivity index is 1.86. The van der Waals surface area contributed by atoms with E-state index in [4.69, 9.17) is 0 Å². The van der Waals surface area contributed by atoms with Crippen LogP contribution in [-0.4, -0.2) is 17.0 Å². The first-order chi connectivity index (χ1) is 7.25. The Kier molecular flexibility index (Phi) is 3.71. The van der Waals surface area contributed by atoms with Crippen LogP contribution in [0, 0.1) is 6.92 Å². The number of aryl methyl sites for hydroxylation is 1. The molecule has 0 bridgehead atoms. The Morgan fingerprint density at radius 1 is 1.40 bits per heavy atom. The van der Waals surface area contributed by atoms with Crippen molar-refractivity contribution in [1.82, 2.24) is 5.32 Å². The highest BCUT2D eigenvalue weighted by Crippen LogP contribution is 2.26. The Morgan fingerprint density at radius 3 is 2.87 bits per heavy atom. The molecular formula is C13H19NS. The van der Waals surface area contributed by atoms with E-state index in [2.05, 4.69) is 55.2 Å². The van der Waals surface area contributed by atoms with E-state index in [0.29, 0.717) is 6.04 Å². The van der Waals surface area contributed by atoms with Crippen LogP contribution in [0.2, 0.25) is 0 Å². The zero-order valence-corrected chi connectivity index (χ0v) is 10.3. The molecule has 1 aromatic carbocycles. The Morgan fingerprint density at radius 2 is 2.20 bits per heavy atom. The van der Waals surface area contributed by atoms with Crippen LogP contribution in [0.1, 0.15) is 24.5 Å². The van der Waals surface area contributed by atoms with Crippen LogP contribution in [-0.2, 0) is 6.54 Å². The van der Waals surface area contributed by atoms with Gasteiger partial charge in [-0.15, -0.1) is 0 Å². The van der Waals surface area contributed by atoms with Crippen molar-refractivity contribution in [2.24, 2.45) is 0 Å². The summed E-state index contributed by atoms with van der Waals surface area (Å²) in [6, 6.07) is 9.34. The molecule has 1 fully saturated rings. The topological polar surface area (TPSA) is 12.0 Å². The SMILES string of the molecule is Cc1ccccc1CNC1CSC(C)C1. The van der Waals surface area contributed by atoms with E-state index >= 15 is 0 Å². The lowest BCUT2D eigenvalue weighted by molar-refractivity contribution is 0.538. The third-order valence-corrected chi connectivity index (χ3v) is 4.40. The average molecular weight is 221 g/mol. The summed E-state index contributed by atoms with van der Waals surface area (Å²) >= 11 is 2.08. The lowest BCUT2D eigenvalue weighted by Crippen LogP contribution is -2.28. The normalized spacial score (nSPS) is 25.7. The monoisotopic (exact) mass is 221 g/mol. The molecule has 1 heterocycles. The number of thioether (sulfide) groups is 1. The maximum Gasteiger partial charge on any atom is 0.0211 e. The number of rotatable bonds is 3. The summed E-state index contributed by atoms with van der Waals surface area (Å²) in [6.07, 6.45) is 1.32. The van der Waals surface area contributed by atoms with E-state index in [9.17, 15) is 0 Å². The molecule has 1 aromatic rings. The van der Waals surface area contributed by atoms with Gasteiger partial charge in [0.1, 0.15) is 0 Å². The highest BCUT2D eigenvalue weighted by atomic mass is 32.2. The molecule has 15 heavy (non-hydrogen) atoms. The van der Waals surface area contributed by atoms with Crippen molar-refractivity contribution in [3.63, 3.8) is 0 Å². The second-order valence-electron chi connectivity index (χ2n) is 4.38. The van der Waals surface area contributed by atoms with Gasteiger partial charge in [-0.05, 0) is 24.5 Å². The Labute approximate surface area is 96.7 Å². The fourth-order valence-corrected chi connectivity index (χ4v) is 3.21. The van der Waals surface area contributed by atoms with E-state index in [1.165, 1.54) is 23.3 Å². The van der Waals surface area contributed by atoms with Crippen molar-refractivity contribution in [1.29, 1.82) is 0 Å². The summed E-state index contributed by atoms with van der Waals surface area (Å²) in [5.74, 6) is 1.27. The largest absolute Gasteiger partial charge is 0.309 e. The fourth-order valence-electron chi connectivity index (χ4n) is 2.02. The van der Waals surface area contributed by atoms with Gasteiger partial charge in [-0.3, -0.25) is 0 Å². The summed E-state index contributed by atoms with van der Waals surface area (Å²) < 4.78 is 0. The molecule has 0 aromatic heterocycles. The van der Waals surface area contributed by atoms with Crippen LogP contribution in [0.3, 0.4) is 0 Å². The molecule has 1 nitrogen and oxygen atoms in total. The maximum absolute atomic E-state index is 3.65. The van der Waals surface area contributed by atoms with E-state index in [0.717, 1.165) is 11.8 Å². The van der Waals surface area contributed by atoms with Crippen molar-refractivity contribution in [3.8, 4) is 0 Å². The third-order valence-electron chi connectivity index (χ3n) is 3.04. The summed E-state index contributed by atoms with van der Waals surface area (Å²) in [6.45, 7) is 5.52. The van der Waals surface area contributed by atoms with Gasteiger partial charge in [-0.25, -0.2) is 0 Å². The molecule has 1 aliphatic rings. The molecule has 2 atom stereocenters. The summed E-state index contributed by atoms with van der Waals surface area (Å²) in [5, 5.41) is 4.48. The Hall–Kier alpha value is -0.470. The predicted octanol–water partition coefficient (Wildman–Crippen LogP) is 2.98. The van der Waals surface area contributed by atoms with Crippen molar-refractivity contribution < 1.29 is 0 Å². The minimum absolute atomic E-state index is 0.713. The van der Waals surface area contributed by atoms with Gasteiger partial charge in [0, 0.05) is 23.6 Å². The zero-order chi connectivity index (χ0) is 10.7. The first-order valence-electron chi connectivity index (χ1n) is 5.65. The van der Waals surface area contributed by atoms with Crippen molar-refractivity contribution >= 4 is 11.8 Å². The number of benzene rings is 1. The summed E-state index contributed by atoms with van der Waals surface area (Å²) in [5.41, 5.74) is 2.82. The van der Waals surface area contributed by atoms with Gasteiger partial charge >= 0.3 is 0 Å². The first-order valence-corrected chi connectivity index (χ1v) is 6.70. The van der Waals surface area contributed by atoms with Crippen LogP contribution in [0.25, 0.3) is 0 Å². The van der Waals surface area contributed by atoms with Gasteiger partial charge in [-0.2, -0.15) is 11.8 Å². The van der Waals surface area contributed by atoms with Crippen LogP contribution in [0.4, 0.5) is 0 Å². The highest BCUT2D eigenvalue weighted by molar-refractivity contribution is 8.00. The lowest BCUT2D eigenvalue weighted by Gasteiger charge is -2.12. The van der Waals surface area contributed by atoms with Gasteiger partial charge in [-0.1, -0.05) is 31.2 Å². The number of nitrogens with one attached hydrogen (secondary N) is 1. The second-order valence-corrected chi connectivity index (χ2v) is 5.86. The van der Waals surface area contributed by atoms with Gasteiger partial charge in [0.15, 0.2) is 0 Å². The van der Waals surface area contributed by atoms with Gasteiger partial charge in [0.05, 0.1) is 0 Å². The quantitative estimate of drug-likeness (QED) is 0.842. The van der Waals surface area contributed by atoms with E-state index in [1.54, 1.807) is 0 Å². The van der Waals surface area contributed by atoms with Crippen molar-refractivity contribution in [2.75, 3.05) is 5.75 Å². The van der Waals surface area contributed by atoms with E-state index in [1.807, 2.05) is 0 Å².